The smallest absolute Gasteiger partial charge is 0.229 e. The number of aryl methyl sites for hydroxylation is 1. The molecule has 0 spiro atoms. The van der Waals surface area contributed by atoms with Crippen molar-refractivity contribution in [2.45, 2.75) is 71.8 Å². The number of hydrogen-bond acceptors (Lipinski definition) is 5. The Bertz CT molecular complexity index is 1370. The van der Waals surface area contributed by atoms with Crippen molar-refractivity contribution >= 4 is 22.8 Å². The van der Waals surface area contributed by atoms with Crippen LogP contribution in [0.5, 0.6) is 0 Å². The molecule has 5 rings (SSSR count). The summed E-state index contributed by atoms with van der Waals surface area (Å²) in [6, 6.07) is 7.06. The molecule has 0 saturated heterocycles. The highest BCUT2D eigenvalue weighted by Gasteiger charge is 2.22. The number of pyridine rings is 1. The van der Waals surface area contributed by atoms with Gasteiger partial charge in [0.05, 0.1) is 11.7 Å². The molecule has 0 radical (unpaired) electrons. The fraction of sp³-hybridized carbons (Fsp3) is 0.429. The van der Waals surface area contributed by atoms with Gasteiger partial charge >= 0.3 is 0 Å². The molecule has 1 aliphatic carbocycles. The van der Waals surface area contributed by atoms with Crippen LogP contribution in [-0.4, -0.2) is 24.5 Å². The molecule has 4 aromatic rings. The molecule has 36 heavy (non-hydrogen) atoms. The Balaban J connectivity index is 1.41. The van der Waals surface area contributed by atoms with E-state index in [4.69, 9.17) is 0 Å². The van der Waals surface area contributed by atoms with Crippen LogP contribution < -0.4 is 5.32 Å². The van der Waals surface area contributed by atoms with E-state index in [0.717, 1.165) is 6.20 Å². The van der Waals surface area contributed by atoms with Crippen LogP contribution in [0.15, 0.2) is 36.7 Å². The van der Waals surface area contributed by atoms with Crippen LogP contribution in [-0.2, 0) is 0 Å². The number of halogens is 2. The van der Waals surface area contributed by atoms with E-state index in [0.29, 0.717) is 34.6 Å². The lowest BCUT2D eigenvalue weighted by molar-refractivity contribution is 0.316. The lowest BCUT2D eigenvalue weighted by atomic mass is 9.78. The quantitative estimate of drug-likeness (QED) is 0.303. The molecule has 1 aromatic carbocycles. The molecule has 0 aliphatic heterocycles. The standard InChI is InChI=1S/C28H32F2N6/c1-16(2)36-18(4)33-27-22(29)12-21(13-24(27)36)26-23(30)15-32-28(35-26)34-25-11-10-20(14-31-25)17(3)19-8-6-5-7-9-19/h10-17,19H,5-9H2,1-4H3,(H,31,32,34,35)/t17-/m1/s1. The molecule has 1 fully saturated rings. The lowest BCUT2D eigenvalue weighted by Gasteiger charge is -2.27. The van der Waals surface area contributed by atoms with Crippen molar-refractivity contribution in [3.05, 3.63) is 59.7 Å². The Morgan fingerprint density at radius 1 is 0.944 bits per heavy atom. The third-order valence-electron chi connectivity index (χ3n) is 7.37. The van der Waals surface area contributed by atoms with Crippen molar-refractivity contribution in [1.29, 1.82) is 0 Å². The van der Waals surface area contributed by atoms with Gasteiger partial charge in [-0.15, -0.1) is 0 Å². The maximum absolute atomic E-state index is 14.9. The summed E-state index contributed by atoms with van der Waals surface area (Å²) in [4.78, 5) is 17.3. The minimum absolute atomic E-state index is 0.0185. The minimum Gasteiger partial charge on any atom is -0.326 e. The van der Waals surface area contributed by atoms with Crippen molar-refractivity contribution in [2.75, 3.05) is 5.32 Å². The first-order valence-corrected chi connectivity index (χ1v) is 12.8. The van der Waals surface area contributed by atoms with E-state index in [-0.39, 0.29) is 23.2 Å². The van der Waals surface area contributed by atoms with E-state index in [2.05, 4.69) is 38.2 Å². The number of imidazole rings is 1. The number of fused-ring (bicyclic) bond motifs is 1. The van der Waals surface area contributed by atoms with Gasteiger partial charge in [0.2, 0.25) is 5.95 Å². The second kappa shape index (κ2) is 9.91. The topological polar surface area (TPSA) is 68.5 Å². The van der Waals surface area contributed by atoms with Crippen LogP contribution in [0.2, 0.25) is 0 Å². The summed E-state index contributed by atoms with van der Waals surface area (Å²) < 4.78 is 31.7. The van der Waals surface area contributed by atoms with Crippen LogP contribution in [0.1, 0.15) is 76.2 Å². The number of aromatic nitrogens is 5. The molecule has 0 bridgehead atoms. The van der Waals surface area contributed by atoms with E-state index in [9.17, 15) is 8.78 Å². The maximum atomic E-state index is 14.9. The van der Waals surface area contributed by atoms with Gasteiger partial charge in [-0.3, -0.25) is 0 Å². The molecule has 6 nitrogen and oxygen atoms in total. The van der Waals surface area contributed by atoms with Gasteiger partial charge in [0, 0.05) is 17.8 Å². The average Bonchev–Trinajstić information content (AvgIpc) is 3.22. The summed E-state index contributed by atoms with van der Waals surface area (Å²) >= 11 is 0. The van der Waals surface area contributed by atoms with Crippen LogP contribution in [0.3, 0.4) is 0 Å². The maximum Gasteiger partial charge on any atom is 0.229 e. The first-order chi connectivity index (χ1) is 17.3. The second-order valence-corrected chi connectivity index (χ2v) is 10.1. The highest BCUT2D eigenvalue weighted by Crippen LogP contribution is 2.36. The van der Waals surface area contributed by atoms with E-state index in [1.54, 1.807) is 6.07 Å². The second-order valence-electron chi connectivity index (χ2n) is 10.1. The molecule has 0 unspecified atom stereocenters. The molecule has 1 N–H and O–H groups in total. The normalized spacial score (nSPS) is 15.5. The van der Waals surface area contributed by atoms with Crippen LogP contribution in [0.25, 0.3) is 22.3 Å². The van der Waals surface area contributed by atoms with E-state index in [1.165, 1.54) is 43.7 Å². The predicted octanol–water partition coefficient (Wildman–Crippen LogP) is 7.48. The zero-order valence-corrected chi connectivity index (χ0v) is 21.2. The van der Waals surface area contributed by atoms with Gasteiger partial charge in [-0.25, -0.2) is 28.7 Å². The molecule has 188 valence electrons. The molecule has 3 aromatic heterocycles. The Kier molecular flexibility index (Phi) is 6.69. The Morgan fingerprint density at radius 3 is 2.42 bits per heavy atom. The van der Waals surface area contributed by atoms with Crippen LogP contribution in [0.4, 0.5) is 20.5 Å². The van der Waals surface area contributed by atoms with Gasteiger partial charge in [-0.2, -0.15) is 0 Å². The number of rotatable bonds is 6. The summed E-state index contributed by atoms with van der Waals surface area (Å²) in [7, 11) is 0. The van der Waals surface area contributed by atoms with Crippen molar-refractivity contribution in [1.82, 2.24) is 24.5 Å². The number of hydrogen-bond donors (Lipinski definition) is 1. The fourth-order valence-corrected chi connectivity index (χ4v) is 5.46. The summed E-state index contributed by atoms with van der Waals surface area (Å²) in [5.41, 5.74) is 2.44. The van der Waals surface area contributed by atoms with Gasteiger partial charge in [-0.05, 0) is 69.2 Å². The Labute approximate surface area is 210 Å². The van der Waals surface area contributed by atoms with Gasteiger partial charge < -0.3 is 9.88 Å². The van der Waals surface area contributed by atoms with Crippen molar-refractivity contribution < 1.29 is 8.78 Å². The van der Waals surface area contributed by atoms with Gasteiger partial charge in [0.15, 0.2) is 11.6 Å². The minimum atomic E-state index is -0.628. The highest BCUT2D eigenvalue weighted by atomic mass is 19.1. The third-order valence-corrected chi connectivity index (χ3v) is 7.37. The summed E-state index contributed by atoms with van der Waals surface area (Å²) in [6.07, 6.45) is 9.49. The molecule has 1 atom stereocenters. The number of benzene rings is 1. The van der Waals surface area contributed by atoms with Crippen molar-refractivity contribution in [3.63, 3.8) is 0 Å². The molecule has 8 heteroatoms. The summed E-state index contributed by atoms with van der Waals surface area (Å²) in [6.45, 7) is 8.11. The molecule has 3 heterocycles. The molecule has 0 amide bonds. The van der Waals surface area contributed by atoms with Crippen molar-refractivity contribution in [2.24, 2.45) is 5.92 Å². The molecule has 1 aliphatic rings. The Hall–Kier alpha value is -3.42. The van der Waals surface area contributed by atoms with Crippen LogP contribution >= 0.6 is 0 Å². The zero-order chi connectivity index (χ0) is 25.4. The predicted molar refractivity (Wildman–Crippen MR) is 138 cm³/mol. The lowest BCUT2D eigenvalue weighted by Crippen LogP contribution is -2.14. The molecular weight excluding hydrogens is 458 g/mol. The summed E-state index contributed by atoms with van der Waals surface area (Å²) in [5, 5.41) is 3.06. The number of anilines is 2. The molecular formula is C28H32F2N6. The van der Waals surface area contributed by atoms with E-state index < -0.39 is 11.6 Å². The molecule has 1 saturated carbocycles. The van der Waals surface area contributed by atoms with Crippen LogP contribution in [0, 0.1) is 24.5 Å². The Morgan fingerprint density at radius 2 is 1.72 bits per heavy atom. The third kappa shape index (κ3) is 4.68. The monoisotopic (exact) mass is 490 g/mol. The van der Waals surface area contributed by atoms with Gasteiger partial charge in [0.1, 0.15) is 22.9 Å². The average molecular weight is 491 g/mol. The SMILES string of the molecule is Cc1nc2c(F)cc(-c3nc(Nc4ccc([C@H](C)C5CCCCC5)cn4)ncc3F)cc2n1C(C)C. The largest absolute Gasteiger partial charge is 0.326 e. The highest BCUT2D eigenvalue weighted by molar-refractivity contribution is 5.83. The number of nitrogens with one attached hydrogen (secondary N) is 1. The van der Waals surface area contributed by atoms with Gasteiger partial charge in [0.25, 0.3) is 0 Å². The van der Waals surface area contributed by atoms with E-state index in [1.807, 2.05) is 37.6 Å². The summed E-state index contributed by atoms with van der Waals surface area (Å²) in [5.74, 6) is 1.50. The fourth-order valence-electron chi connectivity index (χ4n) is 5.46. The number of nitrogens with zero attached hydrogens (tertiary/aromatic N) is 5. The first kappa shape index (κ1) is 24.3. The zero-order valence-electron chi connectivity index (χ0n) is 21.2. The first-order valence-electron chi connectivity index (χ1n) is 12.8. The van der Waals surface area contributed by atoms with Crippen molar-refractivity contribution in [3.8, 4) is 11.3 Å². The van der Waals surface area contributed by atoms with E-state index >= 15 is 0 Å². The van der Waals surface area contributed by atoms with Gasteiger partial charge in [-0.1, -0.05) is 32.3 Å².